The first-order valence-electron chi connectivity index (χ1n) is 9.13. The van der Waals surface area contributed by atoms with Crippen LogP contribution < -0.4 is 5.32 Å². The fourth-order valence-electron chi connectivity index (χ4n) is 3.97. The number of hydrogen-bond donors (Lipinski definition) is 2. The number of carbonyl (C=O) groups is 2. The second kappa shape index (κ2) is 6.10. The fraction of sp³-hybridized carbons (Fsp3) is 0.238. The molecule has 2 amide bonds. The lowest BCUT2D eigenvalue weighted by Gasteiger charge is -2.37. The Morgan fingerprint density at radius 3 is 2.93 bits per heavy atom. The van der Waals surface area contributed by atoms with Gasteiger partial charge in [-0.2, -0.15) is 0 Å². The second-order valence-electron chi connectivity index (χ2n) is 7.33. The molecule has 2 N–H and O–H groups in total. The van der Waals surface area contributed by atoms with Crippen molar-refractivity contribution >= 4 is 40.2 Å². The third-order valence-corrected chi connectivity index (χ3v) is 6.86. The molecule has 0 radical (unpaired) electrons. The molecule has 5 rings (SSSR count). The van der Waals surface area contributed by atoms with Crippen LogP contribution in [0, 0.1) is 5.82 Å². The first-order chi connectivity index (χ1) is 13.5. The van der Waals surface area contributed by atoms with E-state index in [1.54, 1.807) is 17.9 Å². The van der Waals surface area contributed by atoms with Crippen LogP contribution in [0.25, 0.3) is 10.9 Å². The third-order valence-electron chi connectivity index (χ3n) is 5.52. The van der Waals surface area contributed by atoms with Crippen LogP contribution in [0.5, 0.6) is 0 Å². The van der Waals surface area contributed by atoms with E-state index in [2.05, 4.69) is 10.3 Å². The van der Waals surface area contributed by atoms with Crippen molar-refractivity contribution in [1.29, 1.82) is 0 Å². The zero-order chi connectivity index (χ0) is 19.5. The molecular weight excluding hydrogens is 377 g/mol. The summed E-state index contributed by atoms with van der Waals surface area (Å²) in [6.45, 7) is 2.56. The summed E-state index contributed by atoms with van der Waals surface area (Å²) in [6.07, 6.45) is 0.649. The quantitative estimate of drug-likeness (QED) is 0.618. The molecule has 0 fully saturated rings. The second-order valence-corrected chi connectivity index (χ2v) is 8.79. The van der Waals surface area contributed by atoms with Gasteiger partial charge in [-0.25, -0.2) is 4.39 Å². The number of benzene rings is 2. The standard InChI is InChI=1S/C21H18FN3O2S/c1-21(19(26)24-17-4-2-3-5-18(17)28-21)20(27)25-9-8-16-14(11-25)13-10-12(22)6-7-15(13)23-16/h2-7,10,23H,8-9,11H2,1H3,(H,24,26). The van der Waals surface area contributed by atoms with E-state index < -0.39 is 4.75 Å². The summed E-state index contributed by atoms with van der Waals surface area (Å²) < 4.78 is 12.5. The number of halogens is 1. The highest BCUT2D eigenvalue weighted by atomic mass is 32.2. The number of aromatic amines is 1. The number of carbonyl (C=O) groups excluding carboxylic acids is 2. The summed E-state index contributed by atoms with van der Waals surface area (Å²) in [5, 5.41) is 3.65. The Hall–Kier alpha value is -2.80. The summed E-state index contributed by atoms with van der Waals surface area (Å²) in [6, 6.07) is 12.1. The number of thioether (sulfide) groups is 1. The Kier molecular flexibility index (Phi) is 3.77. The SMILES string of the molecule is CC1(C(=O)N2CCc3[nH]c4ccc(F)cc4c3C2)Sc2ccccc2NC1=O. The Morgan fingerprint density at radius 1 is 1.25 bits per heavy atom. The van der Waals surface area contributed by atoms with Crippen LogP contribution in [0.3, 0.4) is 0 Å². The topological polar surface area (TPSA) is 65.2 Å². The molecule has 0 saturated heterocycles. The minimum Gasteiger partial charge on any atom is -0.358 e. The zero-order valence-electron chi connectivity index (χ0n) is 15.2. The lowest BCUT2D eigenvalue weighted by atomic mass is 10.0. The molecular formula is C21H18FN3O2S. The van der Waals surface area contributed by atoms with E-state index in [-0.39, 0.29) is 17.6 Å². The maximum Gasteiger partial charge on any atom is 0.250 e. The predicted molar refractivity (Wildman–Crippen MR) is 107 cm³/mol. The Morgan fingerprint density at radius 2 is 2.07 bits per heavy atom. The summed E-state index contributed by atoms with van der Waals surface area (Å²) in [7, 11) is 0. The monoisotopic (exact) mass is 395 g/mol. The van der Waals surface area contributed by atoms with Crippen LogP contribution in [-0.4, -0.2) is 33.0 Å². The molecule has 0 bridgehead atoms. The smallest absolute Gasteiger partial charge is 0.250 e. The van der Waals surface area contributed by atoms with Crippen molar-refractivity contribution in [2.75, 3.05) is 11.9 Å². The van der Waals surface area contributed by atoms with Crippen LogP contribution in [0.4, 0.5) is 10.1 Å². The van der Waals surface area contributed by atoms with Gasteiger partial charge in [0.25, 0.3) is 0 Å². The molecule has 5 nitrogen and oxygen atoms in total. The van der Waals surface area contributed by atoms with Gasteiger partial charge < -0.3 is 15.2 Å². The summed E-state index contributed by atoms with van der Waals surface area (Å²) in [5.74, 6) is -0.832. The van der Waals surface area contributed by atoms with Crippen LogP contribution in [0.1, 0.15) is 18.2 Å². The van der Waals surface area contributed by atoms with Gasteiger partial charge in [-0.3, -0.25) is 9.59 Å². The number of nitrogens with one attached hydrogen (secondary N) is 2. The van der Waals surface area contributed by atoms with Crippen molar-refractivity contribution in [3.63, 3.8) is 0 Å². The van der Waals surface area contributed by atoms with Gasteiger partial charge in [-0.15, -0.1) is 0 Å². The molecule has 142 valence electrons. The number of aromatic nitrogens is 1. The van der Waals surface area contributed by atoms with Crippen molar-refractivity contribution in [2.24, 2.45) is 0 Å². The molecule has 0 saturated carbocycles. The van der Waals surface area contributed by atoms with Crippen molar-refractivity contribution in [3.8, 4) is 0 Å². The van der Waals surface area contributed by atoms with E-state index >= 15 is 0 Å². The minimum atomic E-state index is -1.23. The van der Waals surface area contributed by atoms with Gasteiger partial charge in [-0.1, -0.05) is 23.9 Å². The number of fused-ring (bicyclic) bond motifs is 4. The maximum absolute atomic E-state index is 13.7. The van der Waals surface area contributed by atoms with Crippen LogP contribution >= 0.6 is 11.8 Å². The molecule has 3 aromatic rings. The average Bonchev–Trinajstić information content (AvgIpc) is 3.05. The maximum atomic E-state index is 13.7. The molecule has 0 spiro atoms. The van der Waals surface area contributed by atoms with E-state index in [0.717, 1.165) is 32.7 Å². The first kappa shape index (κ1) is 17.3. The third kappa shape index (κ3) is 2.53. The average molecular weight is 395 g/mol. The lowest BCUT2D eigenvalue weighted by Crippen LogP contribution is -2.54. The van der Waals surface area contributed by atoms with Gasteiger partial charge in [0.1, 0.15) is 5.82 Å². The Balaban J connectivity index is 1.47. The molecule has 1 atom stereocenters. The highest BCUT2D eigenvalue weighted by Gasteiger charge is 2.48. The van der Waals surface area contributed by atoms with E-state index in [0.29, 0.717) is 19.5 Å². The van der Waals surface area contributed by atoms with Crippen molar-refractivity contribution in [1.82, 2.24) is 9.88 Å². The highest BCUT2D eigenvalue weighted by Crippen LogP contribution is 2.43. The normalized spacial score (nSPS) is 21.2. The van der Waals surface area contributed by atoms with Crippen LogP contribution in [-0.2, 0) is 22.6 Å². The molecule has 2 aromatic carbocycles. The van der Waals surface area contributed by atoms with Gasteiger partial charge >= 0.3 is 0 Å². The van der Waals surface area contributed by atoms with E-state index in [4.69, 9.17) is 0 Å². The summed E-state index contributed by atoms with van der Waals surface area (Å²) in [5.41, 5.74) is 3.56. The molecule has 1 aromatic heterocycles. The molecule has 1 unspecified atom stereocenters. The van der Waals surface area contributed by atoms with Crippen molar-refractivity contribution < 1.29 is 14.0 Å². The number of anilines is 1. The number of rotatable bonds is 1. The largest absolute Gasteiger partial charge is 0.358 e. The van der Waals surface area contributed by atoms with E-state index in [1.807, 2.05) is 24.3 Å². The minimum absolute atomic E-state index is 0.221. The number of amides is 2. The summed E-state index contributed by atoms with van der Waals surface area (Å²) in [4.78, 5) is 32.1. The van der Waals surface area contributed by atoms with Gasteiger partial charge in [-0.05, 0) is 37.3 Å². The van der Waals surface area contributed by atoms with Crippen molar-refractivity contribution in [3.05, 3.63) is 59.5 Å². The van der Waals surface area contributed by atoms with E-state index in [1.165, 1.54) is 23.9 Å². The molecule has 0 aliphatic carbocycles. The molecule has 2 aliphatic heterocycles. The molecule has 28 heavy (non-hydrogen) atoms. The number of H-pyrrole nitrogens is 1. The molecule has 3 heterocycles. The first-order valence-corrected chi connectivity index (χ1v) is 9.95. The number of para-hydroxylation sites is 1. The fourth-order valence-corrected chi connectivity index (χ4v) is 5.14. The zero-order valence-corrected chi connectivity index (χ0v) is 16.0. The van der Waals surface area contributed by atoms with Gasteiger partial charge in [0, 0.05) is 46.6 Å². The Bertz CT molecular complexity index is 1140. The number of hydrogen-bond acceptors (Lipinski definition) is 3. The van der Waals surface area contributed by atoms with Gasteiger partial charge in [0.2, 0.25) is 11.8 Å². The van der Waals surface area contributed by atoms with Crippen molar-refractivity contribution in [2.45, 2.75) is 29.5 Å². The van der Waals surface area contributed by atoms with Crippen LogP contribution in [0.15, 0.2) is 47.4 Å². The van der Waals surface area contributed by atoms with E-state index in [9.17, 15) is 14.0 Å². The Labute approximate surface area is 165 Å². The molecule has 7 heteroatoms. The lowest BCUT2D eigenvalue weighted by molar-refractivity contribution is -0.138. The number of nitrogens with zero attached hydrogens (tertiary/aromatic N) is 1. The predicted octanol–water partition coefficient (Wildman–Crippen LogP) is 3.69. The van der Waals surface area contributed by atoms with Gasteiger partial charge in [0.15, 0.2) is 4.75 Å². The highest BCUT2D eigenvalue weighted by molar-refractivity contribution is 8.02. The van der Waals surface area contributed by atoms with Crippen LogP contribution in [0.2, 0.25) is 0 Å². The van der Waals surface area contributed by atoms with Gasteiger partial charge in [0.05, 0.1) is 5.69 Å². The summed E-state index contributed by atoms with van der Waals surface area (Å²) >= 11 is 1.29. The molecule has 2 aliphatic rings.